The molecule has 0 bridgehead atoms. The molecule has 2 aromatic rings. The molecule has 3 rings (SSSR count). The van der Waals surface area contributed by atoms with Gasteiger partial charge in [0.15, 0.2) is 0 Å². The number of aromatic amines is 1. The molecule has 3 heterocycles. The van der Waals surface area contributed by atoms with Gasteiger partial charge in [-0.3, -0.25) is 14.8 Å². The highest BCUT2D eigenvalue weighted by molar-refractivity contribution is 7.12. The Morgan fingerprint density at radius 1 is 1.43 bits per heavy atom. The zero-order valence-corrected chi connectivity index (χ0v) is 12.7. The van der Waals surface area contributed by atoms with Crippen LogP contribution in [0, 0.1) is 5.92 Å². The molecule has 21 heavy (non-hydrogen) atoms. The minimum Gasteiger partial charge on any atom is -0.351 e. The molecule has 2 N–H and O–H groups in total. The Bertz CT molecular complexity index is 544. The van der Waals surface area contributed by atoms with Crippen molar-refractivity contribution < 1.29 is 4.79 Å². The van der Waals surface area contributed by atoms with Gasteiger partial charge in [0.2, 0.25) is 0 Å². The molecule has 0 atom stereocenters. The molecule has 1 aliphatic rings. The maximum atomic E-state index is 11.9. The molecular weight excluding hydrogens is 284 g/mol. The SMILES string of the molecule is O=C(NCC1CCN(Cc2ccn[nH]2)CC1)c1cccs1. The number of carbonyl (C=O) groups excluding carboxylic acids is 1. The molecule has 6 heteroatoms. The molecule has 2 aromatic heterocycles. The van der Waals surface area contributed by atoms with E-state index >= 15 is 0 Å². The molecule has 1 fully saturated rings. The quantitative estimate of drug-likeness (QED) is 0.889. The van der Waals surface area contributed by atoms with Crippen LogP contribution in [-0.4, -0.2) is 40.6 Å². The molecule has 112 valence electrons. The molecular formula is C15H20N4OS. The number of thiophene rings is 1. The van der Waals surface area contributed by atoms with Gasteiger partial charge in [0.05, 0.1) is 4.88 Å². The van der Waals surface area contributed by atoms with E-state index in [0.717, 1.165) is 43.9 Å². The number of likely N-dealkylation sites (tertiary alicyclic amines) is 1. The second-order valence-corrected chi connectivity index (χ2v) is 6.44. The van der Waals surface area contributed by atoms with Crippen LogP contribution in [0.5, 0.6) is 0 Å². The lowest BCUT2D eigenvalue weighted by molar-refractivity contribution is 0.0939. The van der Waals surface area contributed by atoms with Gasteiger partial charge < -0.3 is 5.32 Å². The van der Waals surface area contributed by atoms with Crippen LogP contribution in [0.3, 0.4) is 0 Å². The minimum absolute atomic E-state index is 0.0601. The average Bonchev–Trinajstić information content (AvgIpc) is 3.19. The summed E-state index contributed by atoms with van der Waals surface area (Å²) in [5.41, 5.74) is 1.17. The molecule has 1 amide bonds. The lowest BCUT2D eigenvalue weighted by atomic mass is 9.96. The molecule has 5 nitrogen and oxygen atoms in total. The maximum Gasteiger partial charge on any atom is 0.261 e. The van der Waals surface area contributed by atoms with Crippen LogP contribution < -0.4 is 5.32 Å². The van der Waals surface area contributed by atoms with E-state index in [4.69, 9.17) is 0 Å². The second-order valence-electron chi connectivity index (χ2n) is 5.49. The van der Waals surface area contributed by atoms with Crippen LogP contribution in [0.2, 0.25) is 0 Å². The topological polar surface area (TPSA) is 61.0 Å². The number of H-pyrrole nitrogens is 1. The summed E-state index contributed by atoms with van der Waals surface area (Å²) in [7, 11) is 0. The van der Waals surface area contributed by atoms with E-state index in [-0.39, 0.29) is 5.91 Å². The third-order valence-corrected chi connectivity index (χ3v) is 4.82. The first kappa shape index (κ1) is 14.3. The summed E-state index contributed by atoms with van der Waals surface area (Å²) in [6, 6.07) is 5.80. The molecule has 0 aromatic carbocycles. The van der Waals surface area contributed by atoms with Gasteiger partial charge in [0.1, 0.15) is 0 Å². The predicted octanol–water partition coefficient (Wildman–Crippen LogP) is 2.11. The summed E-state index contributed by atoms with van der Waals surface area (Å²) < 4.78 is 0. The number of rotatable bonds is 5. The van der Waals surface area contributed by atoms with Crippen LogP contribution in [0.15, 0.2) is 29.8 Å². The molecule has 1 saturated heterocycles. The number of carbonyl (C=O) groups is 1. The van der Waals surface area contributed by atoms with Gasteiger partial charge in [-0.25, -0.2) is 0 Å². The summed E-state index contributed by atoms with van der Waals surface area (Å²) in [6.45, 7) is 3.89. The lowest BCUT2D eigenvalue weighted by Crippen LogP contribution is -2.38. The lowest BCUT2D eigenvalue weighted by Gasteiger charge is -2.31. The van der Waals surface area contributed by atoms with Crippen molar-refractivity contribution in [2.45, 2.75) is 19.4 Å². The Kier molecular flexibility index (Phi) is 4.67. The van der Waals surface area contributed by atoms with Crippen molar-refractivity contribution >= 4 is 17.2 Å². The standard InChI is InChI=1S/C15H20N4OS/c20-15(14-2-1-9-21-14)16-10-12-4-7-19(8-5-12)11-13-3-6-17-18-13/h1-3,6,9,12H,4-5,7-8,10-11H2,(H,16,20)(H,17,18). The Morgan fingerprint density at radius 3 is 2.95 bits per heavy atom. The van der Waals surface area contributed by atoms with Gasteiger partial charge in [0, 0.05) is 25.0 Å². The fraction of sp³-hybridized carbons (Fsp3) is 0.467. The summed E-state index contributed by atoms with van der Waals surface area (Å²) in [5, 5.41) is 12.0. The van der Waals surface area contributed by atoms with Crippen LogP contribution in [0.4, 0.5) is 0 Å². The normalized spacial score (nSPS) is 17.0. The number of hydrogen-bond acceptors (Lipinski definition) is 4. The number of amides is 1. The van der Waals surface area contributed by atoms with E-state index in [1.807, 2.05) is 23.6 Å². The van der Waals surface area contributed by atoms with E-state index in [1.165, 1.54) is 17.0 Å². The second kappa shape index (κ2) is 6.87. The van der Waals surface area contributed by atoms with Crippen molar-refractivity contribution in [3.05, 3.63) is 40.3 Å². The summed E-state index contributed by atoms with van der Waals surface area (Å²) >= 11 is 1.49. The van der Waals surface area contributed by atoms with Crippen LogP contribution in [0.25, 0.3) is 0 Å². The monoisotopic (exact) mass is 304 g/mol. The van der Waals surface area contributed by atoms with Crippen molar-refractivity contribution in [1.29, 1.82) is 0 Å². The number of aromatic nitrogens is 2. The van der Waals surface area contributed by atoms with Gasteiger partial charge in [-0.1, -0.05) is 6.07 Å². The minimum atomic E-state index is 0.0601. The molecule has 1 aliphatic heterocycles. The number of hydrogen-bond donors (Lipinski definition) is 2. The zero-order chi connectivity index (χ0) is 14.5. The zero-order valence-electron chi connectivity index (χ0n) is 11.9. The molecule has 0 saturated carbocycles. The Balaban J connectivity index is 1.39. The third kappa shape index (κ3) is 3.92. The first-order valence-electron chi connectivity index (χ1n) is 7.33. The van der Waals surface area contributed by atoms with E-state index < -0.39 is 0 Å². The largest absolute Gasteiger partial charge is 0.351 e. The number of piperidine rings is 1. The van der Waals surface area contributed by atoms with Crippen molar-refractivity contribution in [1.82, 2.24) is 20.4 Å². The van der Waals surface area contributed by atoms with Gasteiger partial charge in [-0.05, 0) is 49.4 Å². The number of nitrogens with one attached hydrogen (secondary N) is 2. The highest BCUT2D eigenvalue weighted by atomic mass is 32.1. The smallest absolute Gasteiger partial charge is 0.261 e. The van der Waals surface area contributed by atoms with Crippen LogP contribution >= 0.6 is 11.3 Å². The Labute approximate surface area is 128 Å². The van der Waals surface area contributed by atoms with Crippen molar-refractivity contribution in [3.8, 4) is 0 Å². The first-order valence-corrected chi connectivity index (χ1v) is 8.21. The highest BCUT2D eigenvalue weighted by Gasteiger charge is 2.20. The summed E-state index contributed by atoms with van der Waals surface area (Å²) in [5.74, 6) is 0.650. The van der Waals surface area contributed by atoms with E-state index in [0.29, 0.717) is 5.92 Å². The first-order chi connectivity index (χ1) is 10.3. The summed E-state index contributed by atoms with van der Waals surface area (Å²) in [4.78, 5) is 15.1. The fourth-order valence-corrected chi connectivity index (χ4v) is 3.33. The van der Waals surface area contributed by atoms with Crippen LogP contribution in [0.1, 0.15) is 28.2 Å². The summed E-state index contributed by atoms with van der Waals surface area (Å²) in [6.07, 6.45) is 4.07. The van der Waals surface area contributed by atoms with Crippen molar-refractivity contribution in [2.24, 2.45) is 5.92 Å². The van der Waals surface area contributed by atoms with E-state index in [2.05, 4.69) is 20.4 Å². The van der Waals surface area contributed by atoms with Gasteiger partial charge in [-0.2, -0.15) is 5.10 Å². The highest BCUT2D eigenvalue weighted by Crippen LogP contribution is 2.18. The molecule has 0 spiro atoms. The maximum absolute atomic E-state index is 11.9. The van der Waals surface area contributed by atoms with Gasteiger partial charge in [-0.15, -0.1) is 11.3 Å². The van der Waals surface area contributed by atoms with Crippen molar-refractivity contribution in [3.63, 3.8) is 0 Å². The molecule has 0 unspecified atom stereocenters. The Morgan fingerprint density at radius 2 is 2.29 bits per heavy atom. The average molecular weight is 304 g/mol. The Hall–Kier alpha value is -1.66. The van der Waals surface area contributed by atoms with E-state index in [9.17, 15) is 4.79 Å². The van der Waals surface area contributed by atoms with Gasteiger partial charge >= 0.3 is 0 Å². The third-order valence-electron chi connectivity index (χ3n) is 3.96. The van der Waals surface area contributed by atoms with Crippen molar-refractivity contribution in [2.75, 3.05) is 19.6 Å². The fourth-order valence-electron chi connectivity index (χ4n) is 2.69. The predicted molar refractivity (Wildman–Crippen MR) is 83.2 cm³/mol. The molecule has 0 aliphatic carbocycles. The van der Waals surface area contributed by atoms with E-state index in [1.54, 1.807) is 6.20 Å². The molecule has 0 radical (unpaired) electrons. The van der Waals surface area contributed by atoms with Crippen LogP contribution in [-0.2, 0) is 6.54 Å². The number of nitrogens with zero attached hydrogens (tertiary/aromatic N) is 2. The van der Waals surface area contributed by atoms with Gasteiger partial charge in [0.25, 0.3) is 5.91 Å².